The Morgan fingerprint density at radius 3 is 2.63 bits per heavy atom. The van der Waals surface area contributed by atoms with E-state index in [4.69, 9.17) is 10.5 Å². The molecular formula is C22H29ClN2O2. The fourth-order valence-electron chi connectivity index (χ4n) is 3.66. The van der Waals surface area contributed by atoms with Crippen molar-refractivity contribution in [3.8, 4) is 0 Å². The molecule has 0 bridgehead atoms. The summed E-state index contributed by atoms with van der Waals surface area (Å²) in [6.07, 6.45) is 3.99. The van der Waals surface area contributed by atoms with Gasteiger partial charge >= 0.3 is 0 Å². The second kappa shape index (κ2) is 11.1. The van der Waals surface area contributed by atoms with Crippen molar-refractivity contribution in [1.29, 1.82) is 0 Å². The van der Waals surface area contributed by atoms with Gasteiger partial charge in [0.15, 0.2) is 0 Å². The van der Waals surface area contributed by atoms with Crippen LogP contribution in [-0.4, -0.2) is 19.1 Å². The van der Waals surface area contributed by atoms with Gasteiger partial charge in [0.05, 0.1) is 13.2 Å². The Morgan fingerprint density at radius 2 is 1.85 bits per heavy atom. The lowest BCUT2D eigenvalue weighted by Gasteiger charge is -2.17. The zero-order chi connectivity index (χ0) is 18.2. The molecule has 1 aliphatic rings. The number of hydrogen-bond donors (Lipinski definition) is 2. The van der Waals surface area contributed by atoms with Crippen LogP contribution in [0.3, 0.4) is 0 Å². The lowest BCUT2D eigenvalue weighted by molar-refractivity contribution is -0.120. The van der Waals surface area contributed by atoms with Crippen LogP contribution < -0.4 is 11.1 Å². The third kappa shape index (κ3) is 6.35. The highest BCUT2D eigenvalue weighted by Gasteiger charge is 2.31. The molecule has 2 aromatic rings. The quantitative estimate of drug-likeness (QED) is 0.666. The van der Waals surface area contributed by atoms with Crippen molar-refractivity contribution in [2.24, 2.45) is 17.6 Å². The number of carbonyl (C=O) groups is 1. The van der Waals surface area contributed by atoms with Gasteiger partial charge in [-0.15, -0.1) is 12.4 Å². The molecule has 4 nitrogen and oxygen atoms in total. The fraction of sp³-hybridized carbons (Fsp3) is 0.409. The van der Waals surface area contributed by atoms with Crippen LogP contribution in [0.15, 0.2) is 54.6 Å². The Hall–Kier alpha value is -1.88. The molecule has 0 aromatic heterocycles. The Kier molecular flexibility index (Phi) is 8.79. The van der Waals surface area contributed by atoms with Crippen LogP contribution in [-0.2, 0) is 22.6 Å². The summed E-state index contributed by atoms with van der Waals surface area (Å²) in [5.41, 5.74) is 8.97. The number of rotatable bonds is 8. The van der Waals surface area contributed by atoms with Gasteiger partial charge in [-0.2, -0.15) is 0 Å². The molecule has 1 saturated carbocycles. The minimum Gasteiger partial charge on any atom is -0.376 e. The molecule has 0 spiro atoms. The molecule has 0 unspecified atom stereocenters. The van der Waals surface area contributed by atoms with Crippen LogP contribution in [0.1, 0.15) is 30.4 Å². The number of hydrogen-bond acceptors (Lipinski definition) is 3. The average Bonchev–Trinajstić information content (AvgIpc) is 3.15. The van der Waals surface area contributed by atoms with Crippen LogP contribution in [0.2, 0.25) is 0 Å². The first-order chi connectivity index (χ1) is 12.8. The first kappa shape index (κ1) is 21.4. The van der Waals surface area contributed by atoms with Crippen molar-refractivity contribution in [2.45, 2.75) is 32.3 Å². The van der Waals surface area contributed by atoms with E-state index in [2.05, 4.69) is 17.4 Å². The highest BCUT2D eigenvalue weighted by Crippen LogP contribution is 2.31. The largest absolute Gasteiger partial charge is 0.376 e. The highest BCUT2D eigenvalue weighted by atomic mass is 35.5. The molecule has 1 aliphatic carbocycles. The van der Waals surface area contributed by atoms with E-state index in [-0.39, 0.29) is 24.2 Å². The molecule has 0 radical (unpaired) electrons. The molecule has 1 amide bonds. The minimum atomic E-state index is 0. The number of amides is 1. The second-order valence-electron chi connectivity index (χ2n) is 7.01. The summed E-state index contributed by atoms with van der Waals surface area (Å²) in [4.78, 5) is 12.5. The summed E-state index contributed by atoms with van der Waals surface area (Å²) in [6.45, 7) is 1.82. The molecule has 1 fully saturated rings. The molecule has 0 saturated heterocycles. The van der Waals surface area contributed by atoms with Gasteiger partial charge in [0.2, 0.25) is 5.91 Å². The van der Waals surface area contributed by atoms with Crippen molar-refractivity contribution in [3.05, 3.63) is 65.7 Å². The molecule has 3 rings (SSSR count). The molecule has 2 aromatic carbocycles. The Morgan fingerprint density at radius 1 is 1.07 bits per heavy atom. The van der Waals surface area contributed by atoms with Gasteiger partial charge in [-0.25, -0.2) is 0 Å². The monoisotopic (exact) mass is 388 g/mol. The van der Waals surface area contributed by atoms with Crippen molar-refractivity contribution in [2.75, 3.05) is 18.5 Å². The molecule has 3 N–H and O–H groups in total. The predicted octanol–water partition coefficient (Wildman–Crippen LogP) is 4.18. The summed E-state index contributed by atoms with van der Waals surface area (Å²) < 4.78 is 5.79. The zero-order valence-corrected chi connectivity index (χ0v) is 16.4. The number of nitrogens with one attached hydrogen (secondary N) is 1. The smallest absolute Gasteiger partial charge is 0.227 e. The van der Waals surface area contributed by atoms with Crippen LogP contribution in [0.25, 0.3) is 0 Å². The lowest BCUT2D eigenvalue weighted by atomic mass is 9.95. The van der Waals surface area contributed by atoms with Gasteiger partial charge < -0.3 is 15.8 Å². The Balaban J connectivity index is 0.00000261. The molecule has 2 atom stereocenters. The summed E-state index contributed by atoms with van der Waals surface area (Å²) in [5.74, 6) is 0.463. The van der Waals surface area contributed by atoms with Crippen molar-refractivity contribution >= 4 is 24.0 Å². The molecule has 0 aliphatic heterocycles. The van der Waals surface area contributed by atoms with E-state index >= 15 is 0 Å². The predicted molar refractivity (Wildman–Crippen MR) is 112 cm³/mol. The maximum atomic E-state index is 12.5. The van der Waals surface area contributed by atoms with E-state index < -0.39 is 0 Å². The van der Waals surface area contributed by atoms with Crippen molar-refractivity contribution < 1.29 is 9.53 Å². The average molecular weight is 389 g/mol. The lowest BCUT2D eigenvalue weighted by Crippen LogP contribution is -2.29. The topological polar surface area (TPSA) is 64.4 Å². The fourth-order valence-corrected chi connectivity index (χ4v) is 3.66. The van der Waals surface area contributed by atoms with Crippen LogP contribution in [0.5, 0.6) is 0 Å². The first-order valence-corrected chi connectivity index (χ1v) is 9.48. The number of benzene rings is 2. The highest BCUT2D eigenvalue weighted by molar-refractivity contribution is 5.93. The van der Waals surface area contributed by atoms with Gasteiger partial charge in [-0.3, -0.25) is 4.79 Å². The van der Waals surface area contributed by atoms with Crippen LogP contribution >= 0.6 is 12.4 Å². The number of ether oxygens (including phenoxy) is 1. The summed E-state index contributed by atoms with van der Waals surface area (Å²) >= 11 is 0. The van der Waals surface area contributed by atoms with Gasteiger partial charge in [-0.05, 0) is 55.0 Å². The van der Waals surface area contributed by atoms with E-state index in [9.17, 15) is 4.79 Å². The summed E-state index contributed by atoms with van der Waals surface area (Å²) in [6, 6.07) is 18.2. The molecular weight excluding hydrogens is 360 g/mol. The van der Waals surface area contributed by atoms with E-state index in [1.165, 1.54) is 5.56 Å². The van der Waals surface area contributed by atoms with E-state index in [1.807, 2.05) is 42.5 Å². The first-order valence-electron chi connectivity index (χ1n) is 9.48. The molecule has 27 heavy (non-hydrogen) atoms. The number of nitrogens with two attached hydrogens (primary N) is 1. The van der Waals surface area contributed by atoms with E-state index in [1.54, 1.807) is 0 Å². The maximum absolute atomic E-state index is 12.5. The summed E-state index contributed by atoms with van der Waals surface area (Å²) in [5, 5.41) is 3.05. The minimum absolute atomic E-state index is 0. The van der Waals surface area contributed by atoms with Crippen molar-refractivity contribution in [3.63, 3.8) is 0 Å². The van der Waals surface area contributed by atoms with E-state index in [0.717, 1.165) is 36.9 Å². The van der Waals surface area contributed by atoms with E-state index in [0.29, 0.717) is 25.7 Å². The Labute approximate surface area is 167 Å². The Bertz CT molecular complexity index is 708. The third-order valence-electron chi connectivity index (χ3n) is 5.14. The second-order valence-corrected chi connectivity index (χ2v) is 7.01. The molecule has 0 heterocycles. The zero-order valence-electron chi connectivity index (χ0n) is 15.6. The van der Waals surface area contributed by atoms with Gasteiger partial charge in [0, 0.05) is 11.6 Å². The number of anilines is 1. The summed E-state index contributed by atoms with van der Waals surface area (Å²) in [7, 11) is 0. The molecule has 146 valence electrons. The number of carbonyl (C=O) groups excluding carboxylic acids is 1. The van der Waals surface area contributed by atoms with Crippen LogP contribution in [0.4, 0.5) is 5.69 Å². The molecule has 5 heteroatoms. The third-order valence-corrected chi connectivity index (χ3v) is 5.14. The van der Waals surface area contributed by atoms with Gasteiger partial charge in [-0.1, -0.05) is 48.9 Å². The normalized spacial score (nSPS) is 18.7. The standard InChI is InChI=1S/C22H28N2O2.ClH/c23-15-19-9-5-11-21(19)22(25)24-20-10-4-8-18(14-20)16-26-13-12-17-6-2-1-3-7-17;/h1-4,6-8,10,14,19,21H,5,9,11-13,15-16,23H2,(H,24,25);1H/t19-,21-;/m1./s1. The maximum Gasteiger partial charge on any atom is 0.227 e. The number of halogens is 1. The SMILES string of the molecule is Cl.NC[C@H]1CCC[C@H]1C(=O)Nc1cccc(COCCc2ccccc2)c1. The van der Waals surface area contributed by atoms with Crippen LogP contribution in [0, 0.1) is 11.8 Å². The van der Waals surface area contributed by atoms with Crippen molar-refractivity contribution in [1.82, 2.24) is 0 Å². The van der Waals surface area contributed by atoms with Gasteiger partial charge in [0.25, 0.3) is 0 Å². The van der Waals surface area contributed by atoms with Gasteiger partial charge in [0.1, 0.15) is 0 Å².